The van der Waals surface area contributed by atoms with E-state index in [2.05, 4.69) is 15.9 Å². The van der Waals surface area contributed by atoms with Gasteiger partial charge in [0.1, 0.15) is 5.75 Å². The molecule has 0 bridgehead atoms. The van der Waals surface area contributed by atoms with Crippen LogP contribution in [0.15, 0.2) is 83.3 Å². The Kier molecular flexibility index (Phi) is 3.88. The van der Waals surface area contributed by atoms with Crippen LogP contribution in [0.25, 0.3) is 0 Å². The Labute approximate surface area is 193 Å². The molecular formula is C26H20BrNO4. The molecule has 1 saturated carbocycles. The zero-order chi connectivity index (χ0) is 22.3. The summed E-state index contributed by atoms with van der Waals surface area (Å²) in [5.41, 5.74) is -1.98. The van der Waals surface area contributed by atoms with Crippen molar-refractivity contribution in [3.8, 4) is 5.75 Å². The fourth-order valence-electron chi connectivity index (χ4n) is 6.12. The minimum Gasteiger partial charge on any atom is -0.425 e. The number of hydrogen-bond donors (Lipinski definition) is 1. The molecule has 1 unspecified atom stereocenters. The molecule has 3 aromatic carbocycles. The summed E-state index contributed by atoms with van der Waals surface area (Å²) in [6.07, 6.45) is 0. The van der Waals surface area contributed by atoms with E-state index >= 15 is 0 Å². The third-order valence-corrected chi connectivity index (χ3v) is 8.16. The van der Waals surface area contributed by atoms with Gasteiger partial charge in [0, 0.05) is 28.1 Å². The zero-order valence-corrected chi connectivity index (χ0v) is 18.9. The van der Waals surface area contributed by atoms with Crippen LogP contribution in [0.3, 0.4) is 0 Å². The summed E-state index contributed by atoms with van der Waals surface area (Å²) in [6, 6.07) is 24.1. The first kappa shape index (κ1) is 19.7. The highest BCUT2D eigenvalue weighted by Crippen LogP contribution is 2.86. The van der Waals surface area contributed by atoms with Gasteiger partial charge in [0.15, 0.2) is 11.1 Å². The molecule has 1 aliphatic carbocycles. The van der Waals surface area contributed by atoms with Gasteiger partial charge in [0.2, 0.25) is 5.91 Å². The molecule has 32 heavy (non-hydrogen) atoms. The van der Waals surface area contributed by atoms with Crippen LogP contribution in [0.1, 0.15) is 29.5 Å². The Balaban J connectivity index is 1.58. The summed E-state index contributed by atoms with van der Waals surface area (Å²) >= 11 is 3.45. The summed E-state index contributed by atoms with van der Waals surface area (Å²) in [5.74, 6) is -0.969. The Morgan fingerprint density at radius 2 is 1.62 bits per heavy atom. The van der Waals surface area contributed by atoms with E-state index in [4.69, 9.17) is 4.74 Å². The van der Waals surface area contributed by atoms with Crippen molar-refractivity contribution >= 4 is 27.8 Å². The van der Waals surface area contributed by atoms with Crippen LogP contribution in [0.5, 0.6) is 5.75 Å². The van der Waals surface area contributed by atoms with E-state index in [9.17, 15) is 14.7 Å². The molecular weight excluding hydrogens is 470 g/mol. The summed E-state index contributed by atoms with van der Waals surface area (Å²) < 4.78 is 6.53. The summed E-state index contributed by atoms with van der Waals surface area (Å²) in [4.78, 5) is 28.9. The predicted molar refractivity (Wildman–Crippen MR) is 120 cm³/mol. The van der Waals surface area contributed by atoms with Crippen LogP contribution in [0, 0.1) is 10.8 Å². The van der Waals surface area contributed by atoms with Gasteiger partial charge in [-0.25, -0.2) is 0 Å². The van der Waals surface area contributed by atoms with Gasteiger partial charge in [0.05, 0.1) is 5.41 Å². The van der Waals surface area contributed by atoms with Gasteiger partial charge in [-0.3, -0.25) is 9.59 Å². The highest BCUT2D eigenvalue weighted by molar-refractivity contribution is 9.10. The zero-order valence-electron chi connectivity index (χ0n) is 17.3. The van der Waals surface area contributed by atoms with Gasteiger partial charge in [-0.2, -0.15) is 0 Å². The molecule has 1 saturated heterocycles. The molecule has 3 aromatic rings. The number of hydrogen-bond acceptors (Lipinski definition) is 4. The van der Waals surface area contributed by atoms with Crippen LogP contribution < -0.4 is 4.74 Å². The van der Waals surface area contributed by atoms with E-state index in [0.29, 0.717) is 11.3 Å². The predicted octanol–water partition coefficient (Wildman–Crippen LogP) is 4.35. The van der Waals surface area contributed by atoms with Gasteiger partial charge in [-0.1, -0.05) is 83.5 Å². The van der Waals surface area contributed by atoms with Gasteiger partial charge >= 0.3 is 5.97 Å². The minimum atomic E-state index is -1.69. The lowest BCUT2D eigenvalue weighted by molar-refractivity contribution is -0.169. The van der Waals surface area contributed by atoms with Gasteiger partial charge in [0.25, 0.3) is 0 Å². The average Bonchev–Trinajstić information content (AvgIpc) is 3.37. The van der Waals surface area contributed by atoms with E-state index in [1.807, 2.05) is 61.5 Å². The molecule has 2 heterocycles. The molecule has 6 rings (SSSR count). The first-order valence-electron chi connectivity index (χ1n) is 10.5. The molecule has 3 aliphatic rings. The molecule has 6 heteroatoms. The van der Waals surface area contributed by atoms with Crippen molar-refractivity contribution in [2.75, 3.05) is 0 Å². The van der Waals surface area contributed by atoms with Gasteiger partial charge in [-0.05, 0) is 23.8 Å². The monoisotopic (exact) mass is 489 g/mol. The maximum Gasteiger partial charge on any atom is 0.328 e. The number of carbonyl (C=O) groups is 2. The van der Waals surface area contributed by atoms with Crippen molar-refractivity contribution < 1.29 is 19.4 Å². The lowest BCUT2D eigenvalue weighted by atomic mass is 9.82. The van der Waals surface area contributed by atoms with Crippen LogP contribution >= 0.6 is 15.9 Å². The fraction of sp³-hybridized carbons (Fsp3) is 0.231. The molecule has 4 atom stereocenters. The van der Waals surface area contributed by atoms with E-state index in [-0.39, 0.29) is 6.54 Å². The summed E-state index contributed by atoms with van der Waals surface area (Å²) in [5, 5.41) is 12.5. The molecule has 0 radical (unpaired) electrons. The van der Waals surface area contributed by atoms with Crippen molar-refractivity contribution in [2.24, 2.45) is 10.8 Å². The number of rotatable bonds is 3. The Bertz CT molecular complexity index is 1280. The molecule has 1 spiro atoms. The van der Waals surface area contributed by atoms with Crippen molar-refractivity contribution in [3.63, 3.8) is 0 Å². The summed E-state index contributed by atoms with van der Waals surface area (Å²) in [7, 11) is 0. The van der Waals surface area contributed by atoms with Crippen molar-refractivity contribution in [1.82, 2.24) is 4.90 Å². The number of esters is 1. The molecule has 5 nitrogen and oxygen atoms in total. The number of fused-ring (bicyclic) bond motifs is 3. The second kappa shape index (κ2) is 6.30. The molecule has 160 valence electrons. The molecule has 1 amide bonds. The van der Waals surface area contributed by atoms with Crippen LogP contribution in [0.4, 0.5) is 0 Å². The molecule has 0 aromatic heterocycles. The van der Waals surface area contributed by atoms with Crippen LogP contribution in [0.2, 0.25) is 0 Å². The van der Waals surface area contributed by atoms with E-state index in [1.165, 1.54) is 4.90 Å². The number of amides is 1. The van der Waals surface area contributed by atoms with Crippen molar-refractivity contribution in [1.29, 1.82) is 0 Å². The number of benzene rings is 3. The Morgan fingerprint density at radius 1 is 0.969 bits per heavy atom. The number of carbonyl (C=O) groups excluding carboxylic acids is 2. The number of aliphatic hydroxyl groups is 1. The Morgan fingerprint density at radius 3 is 2.34 bits per heavy atom. The Hall–Kier alpha value is -2.96. The van der Waals surface area contributed by atoms with E-state index in [0.717, 1.165) is 15.6 Å². The highest BCUT2D eigenvalue weighted by Gasteiger charge is 2.96. The molecule has 1 N–H and O–H groups in total. The second-order valence-corrected chi connectivity index (χ2v) is 9.84. The highest BCUT2D eigenvalue weighted by atomic mass is 79.9. The van der Waals surface area contributed by atoms with Crippen molar-refractivity contribution in [2.45, 2.75) is 25.1 Å². The standard InChI is InChI=1S/C26H20BrNO4/c1-24-21-19-9-5-6-10-20(19)32-23(30)25(21,24)22(29)28(15-16-7-3-2-4-8-16)26(24,31)17-11-13-18(27)14-12-17/h2-14,21,31H,15H2,1H3/t21-,24-,25-,26?/m0/s1. The van der Waals surface area contributed by atoms with E-state index in [1.54, 1.807) is 24.3 Å². The number of ether oxygens (including phenoxy) is 1. The number of halogens is 1. The average molecular weight is 490 g/mol. The third-order valence-electron chi connectivity index (χ3n) is 7.63. The first-order chi connectivity index (χ1) is 15.4. The SMILES string of the molecule is C[C@]12[C@@H]3c4ccccc4OC(=O)[C@@]31C(=O)N(Cc1ccccc1)C2(O)c1ccc(Br)cc1. The number of likely N-dealkylation sites (tertiary alicyclic amines) is 1. The van der Waals surface area contributed by atoms with E-state index < -0.39 is 34.3 Å². The smallest absolute Gasteiger partial charge is 0.328 e. The second-order valence-electron chi connectivity index (χ2n) is 8.93. The molecule has 2 fully saturated rings. The van der Waals surface area contributed by atoms with Gasteiger partial charge in [-0.15, -0.1) is 0 Å². The maximum atomic E-state index is 14.0. The quantitative estimate of drug-likeness (QED) is 0.337. The fourth-order valence-corrected chi connectivity index (χ4v) is 6.39. The summed E-state index contributed by atoms with van der Waals surface area (Å²) in [6.45, 7) is 2.02. The lowest BCUT2D eigenvalue weighted by Gasteiger charge is -2.41. The minimum absolute atomic E-state index is 0.186. The molecule has 2 aliphatic heterocycles. The first-order valence-corrected chi connectivity index (χ1v) is 11.3. The number of piperidine rings is 1. The maximum absolute atomic E-state index is 14.0. The van der Waals surface area contributed by atoms with Crippen LogP contribution in [-0.4, -0.2) is 21.9 Å². The normalized spacial score (nSPS) is 32.1. The number of para-hydroxylation sites is 1. The lowest BCUT2D eigenvalue weighted by Crippen LogP contribution is -2.51. The van der Waals surface area contributed by atoms with Crippen molar-refractivity contribution in [3.05, 3.63) is 100 Å². The van der Waals surface area contributed by atoms with Crippen LogP contribution in [-0.2, 0) is 21.9 Å². The largest absolute Gasteiger partial charge is 0.425 e. The number of nitrogens with zero attached hydrogens (tertiary/aromatic N) is 1. The topological polar surface area (TPSA) is 66.8 Å². The third kappa shape index (κ3) is 2.07. The van der Waals surface area contributed by atoms with Gasteiger partial charge < -0.3 is 14.7 Å².